The van der Waals surface area contributed by atoms with Gasteiger partial charge in [0.1, 0.15) is 5.82 Å². The highest BCUT2D eigenvalue weighted by atomic mass is 19.1. The van der Waals surface area contributed by atoms with Crippen LogP contribution >= 0.6 is 0 Å². The van der Waals surface area contributed by atoms with Crippen molar-refractivity contribution in [2.24, 2.45) is 0 Å². The fourth-order valence-corrected chi connectivity index (χ4v) is 3.12. The molecule has 1 atom stereocenters. The number of H-pyrrole nitrogens is 1. The van der Waals surface area contributed by atoms with Crippen LogP contribution in [-0.4, -0.2) is 19.7 Å². The largest absolute Gasteiger partial charge is 0.329 e. The Morgan fingerprint density at radius 3 is 2.73 bits per heavy atom. The molecule has 0 unspecified atom stereocenters. The molecule has 0 amide bonds. The molecule has 2 aromatic carbocycles. The summed E-state index contributed by atoms with van der Waals surface area (Å²) < 4.78 is 15.5. The van der Waals surface area contributed by atoms with E-state index in [0.717, 1.165) is 27.9 Å². The van der Waals surface area contributed by atoms with Crippen molar-refractivity contribution in [2.75, 3.05) is 0 Å². The van der Waals surface area contributed by atoms with E-state index in [1.54, 1.807) is 0 Å². The molecule has 0 saturated heterocycles. The summed E-state index contributed by atoms with van der Waals surface area (Å²) in [7, 11) is 0. The maximum atomic E-state index is 13.3. The third kappa shape index (κ3) is 3.36. The molecule has 132 valence electrons. The number of aryl methyl sites for hydroxylation is 1. The van der Waals surface area contributed by atoms with Crippen LogP contribution in [0.2, 0.25) is 0 Å². The van der Waals surface area contributed by atoms with Gasteiger partial charge in [0.25, 0.3) is 0 Å². The second kappa shape index (κ2) is 7.09. The third-order valence-corrected chi connectivity index (χ3v) is 4.65. The minimum Gasteiger partial charge on any atom is -0.329 e. The van der Waals surface area contributed by atoms with Gasteiger partial charge in [0, 0.05) is 24.3 Å². The molecule has 0 fully saturated rings. The van der Waals surface area contributed by atoms with Crippen molar-refractivity contribution in [3.63, 3.8) is 0 Å². The van der Waals surface area contributed by atoms with Gasteiger partial charge in [0.15, 0.2) is 0 Å². The molecule has 2 N–H and O–H groups in total. The van der Waals surface area contributed by atoms with Crippen LogP contribution < -0.4 is 5.32 Å². The minimum atomic E-state index is -0.230. The molecule has 2 heterocycles. The first-order valence-corrected chi connectivity index (χ1v) is 8.58. The van der Waals surface area contributed by atoms with Gasteiger partial charge in [-0.2, -0.15) is 5.10 Å². The molecule has 0 aliphatic heterocycles. The minimum absolute atomic E-state index is 0.0162. The average molecular weight is 349 g/mol. The highest BCUT2D eigenvalue weighted by Gasteiger charge is 2.15. The number of nitrogens with zero attached hydrogens (tertiary/aromatic N) is 3. The first-order chi connectivity index (χ1) is 12.7. The zero-order valence-corrected chi connectivity index (χ0v) is 14.5. The molecule has 0 radical (unpaired) electrons. The summed E-state index contributed by atoms with van der Waals surface area (Å²) in [6.45, 7) is 3.38. The lowest BCUT2D eigenvalue weighted by molar-refractivity contribution is 0.466. The van der Waals surface area contributed by atoms with Gasteiger partial charge < -0.3 is 9.88 Å². The first-order valence-electron chi connectivity index (χ1n) is 8.58. The van der Waals surface area contributed by atoms with Gasteiger partial charge in [-0.25, -0.2) is 9.37 Å². The molecule has 2 aromatic heterocycles. The molecule has 0 bridgehead atoms. The van der Waals surface area contributed by atoms with Crippen molar-refractivity contribution in [3.8, 4) is 0 Å². The van der Waals surface area contributed by atoms with Crippen molar-refractivity contribution in [3.05, 3.63) is 83.7 Å². The Labute approximate surface area is 150 Å². The molecule has 4 aromatic rings. The zero-order valence-electron chi connectivity index (χ0n) is 14.5. The number of rotatable bonds is 6. The molecule has 0 aliphatic carbocycles. The van der Waals surface area contributed by atoms with Crippen molar-refractivity contribution in [1.29, 1.82) is 0 Å². The molecular weight excluding hydrogens is 329 g/mol. The number of hydrogen-bond acceptors (Lipinski definition) is 3. The zero-order chi connectivity index (χ0) is 17.9. The van der Waals surface area contributed by atoms with E-state index in [0.29, 0.717) is 13.1 Å². The smallest absolute Gasteiger partial charge is 0.123 e. The SMILES string of the molecule is Cc1[nH]ncc1CN[C@@H](Cn1cnc2ccccc21)c1ccc(F)cc1. The van der Waals surface area contributed by atoms with Crippen LogP contribution in [0.4, 0.5) is 4.39 Å². The van der Waals surface area contributed by atoms with Crippen LogP contribution in [0.5, 0.6) is 0 Å². The van der Waals surface area contributed by atoms with E-state index in [1.807, 2.05) is 49.8 Å². The Morgan fingerprint density at radius 1 is 1.15 bits per heavy atom. The quantitative estimate of drug-likeness (QED) is 0.557. The normalized spacial score (nSPS) is 12.5. The van der Waals surface area contributed by atoms with E-state index in [-0.39, 0.29) is 11.9 Å². The lowest BCUT2D eigenvalue weighted by atomic mass is 10.1. The Morgan fingerprint density at radius 2 is 1.96 bits per heavy atom. The topological polar surface area (TPSA) is 58.5 Å². The summed E-state index contributed by atoms with van der Waals surface area (Å²) in [6, 6.07) is 14.7. The molecule has 6 heteroatoms. The lowest BCUT2D eigenvalue weighted by Gasteiger charge is -2.20. The summed E-state index contributed by atoms with van der Waals surface area (Å²) in [6.07, 6.45) is 3.68. The molecular formula is C20H20FN5. The summed E-state index contributed by atoms with van der Waals surface area (Å²) in [5.74, 6) is -0.230. The Balaban J connectivity index is 1.61. The van der Waals surface area contributed by atoms with Gasteiger partial charge in [-0.1, -0.05) is 24.3 Å². The molecule has 0 saturated carbocycles. The molecule has 0 spiro atoms. The van der Waals surface area contributed by atoms with Crippen LogP contribution in [0.15, 0.2) is 61.1 Å². The predicted molar refractivity (Wildman–Crippen MR) is 99.0 cm³/mol. The summed E-state index contributed by atoms with van der Waals surface area (Å²) in [5.41, 5.74) is 5.25. The average Bonchev–Trinajstić information content (AvgIpc) is 3.26. The van der Waals surface area contributed by atoms with Crippen molar-refractivity contribution >= 4 is 11.0 Å². The number of aromatic nitrogens is 4. The second-order valence-electron chi connectivity index (χ2n) is 6.39. The Bertz CT molecular complexity index is 1000. The Kier molecular flexibility index (Phi) is 4.50. The van der Waals surface area contributed by atoms with Crippen molar-refractivity contribution in [1.82, 2.24) is 25.1 Å². The maximum absolute atomic E-state index is 13.3. The maximum Gasteiger partial charge on any atom is 0.123 e. The monoisotopic (exact) mass is 349 g/mol. The number of hydrogen-bond donors (Lipinski definition) is 2. The lowest BCUT2D eigenvalue weighted by Crippen LogP contribution is -2.25. The number of para-hydroxylation sites is 2. The molecule has 5 nitrogen and oxygen atoms in total. The molecule has 0 aliphatic rings. The number of benzene rings is 2. The van der Waals surface area contributed by atoms with E-state index in [2.05, 4.69) is 31.1 Å². The van der Waals surface area contributed by atoms with Gasteiger partial charge >= 0.3 is 0 Å². The third-order valence-electron chi connectivity index (χ3n) is 4.65. The van der Waals surface area contributed by atoms with Gasteiger partial charge in [-0.05, 0) is 36.8 Å². The van der Waals surface area contributed by atoms with Gasteiger partial charge in [-0.15, -0.1) is 0 Å². The number of imidazole rings is 1. The number of nitrogens with one attached hydrogen (secondary N) is 2. The number of fused-ring (bicyclic) bond motifs is 1. The van der Waals surface area contributed by atoms with Crippen LogP contribution in [0.25, 0.3) is 11.0 Å². The van der Waals surface area contributed by atoms with E-state index in [9.17, 15) is 4.39 Å². The van der Waals surface area contributed by atoms with Gasteiger partial charge in [0.2, 0.25) is 0 Å². The van der Waals surface area contributed by atoms with Gasteiger partial charge in [-0.3, -0.25) is 5.10 Å². The highest BCUT2D eigenvalue weighted by molar-refractivity contribution is 5.74. The van der Waals surface area contributed by atoms with Gasteiger partial charge in [0.05, 0.1) is 29.6 Å². The first kappa shape index (κ1) is 16.5. The van der Waals surface area contributed by atoms with Crippen LogP contribution in [0.1, 0.15) is 22.9 Å². The fraction of sp³-hybridized carbons (Fsp3) is 0.200. The summed E-state index contributed by atoms with van der Waals surface area (Å²) >= 11 is 0. The highest BCUT2D eigenvalue weighted by Crippen LogP contribution is 2.20. The molecule has 26 heavy (non-hydrogen) atoms. The van der Waals surface area contributed by atoms with Crippen LogP contribution in [-0.2, 0) is 13.1 Å². The Hall–Kier alpha value is -2.99. The van der Waals surface area contributed by atoms with Crippen molar-refractivity contribution in [2.45, 2.75) is 26.1 Å². The summed E-state index contributed by atoms with van der Waals surface area (Å²) in [4.78, 5) is 4.46. The van der Waals surface area contributed by atoms with Crippen molar-refractivity contribution < 1.29 is 4.39 Å². The second-order valence-corrected chi connectivity index (χ2v) is 6.39. The predicted octanol–water partition coefficient (Wildman–Crippen LogP) is 3.74. The molecule has 4 rings (SSSR count). The van der Waals surface area contributed by atoms with E-state index < -0.39 is 0 Å². The van der Waals surface area contributed by atoms with E-state index in [4.69, 9.17) is 0 Å². The van der Waals surface area contributed by atoms with E-state index in [1.165, 1.54) is 12.1 Å². The fourth-order valence-electron chi connectivity index (χ4n) is 3.12. The van der Waals surface area contributed by atoms with Crippen LogP contribution in [0.3, 0.4) is 0 Å². The summed E-state index contributed by atoms with van der Waals surface area (Å²) in [5, 5.41) is 10.6. The van der Waals surface area contributed by atoms with Crippen LogP contribution in [0, 0.1) is 12.7 Å². The number of halogens is 1. The van der Waals surface area contributed by atoms with E-state index >= 15 is 0 Å². The number of aromatic amines is 1. The standard InChI is InChI=1S/C20H20FN5/c1-14-16(11-24-25-14)10-22-19(15-6-8-17(21)9-7-15)12-26-13-23-18-4-2-3-5-20(18)26/h2-9,11,13,19,22H,10,12H2,1H3,(H,24,25)/t19-/m0/s1.